The third kappa shape index (κ3) is 7.78. The average molecular weight is 197 g/mol. The molecule has 0 radical (unpaired) electrons. The Morgan fingerprint density at radius 3 is 2.42 bits per heavy atom. The van der Waals surface area contributed by atoms with E-state index in [9.17, 15) is 4.79 Å². The summed E-state index contributed by atoms with van der Waals surface area (Å²) in [5, 5.41) is 0. The molecule has 0 aliphatic carbocycles. The predicted molar refractivity (Wildman–Crippen MR) is 50.4 cm³/mol. The van der Waals surface area contributed by atoms with Crippen LogP contribution in [0.3, 0.4) is 0 Å². The van der Waals surface area contributed by atoms with Crippen LogP contribution in [-0.4, -0.2) is 44.7 Å². The summed E-state index contributed by atoms with van der Waals surface area (Å²) in [5.41, 5.74) is 5.61. The third-order valence-corrected chi connectivity index (χ3v) is 1.26. The highest BCUT2D eigenvalue weighted by Crippen LogP contribution is 1.91. The van der Waals surface area contributed by atoms with Crippen LogP contribution < -0.4 is 5.73 Å². The molecule has 4 nitrogen and oxygen atoms in total. The van der Waals surface area contributed by atoms with Crippen molar-refractivity contribution < 1.29 is 9.53 Å². The second-order valence-corrected chi connectivity index (χ2v) is 2.80. The first-order chi connectivity index (χ1) is 5.06. The van der Waals surface area contributed by atoms with Crippen molar-refractivity contribution in [2.24, 2.45) is 5.73 Å². The summed E-state index contributed by atoms with van der Waals surface area (Å²) in [6.07, 6.45) is 0.286. The summed E-state index contributed by atoms with van der Waals surface area (Å²) in [4.78, 5) is 12.6. The monoisotopic (exact) mass is 196 g/mol. The van der Waals surface area contributed by atoms with Gasteiger partial charge in [0.2, 0.25) is 0 Å². The molecule has 0 bridgehead atoms. The van der Waals surface area contributed by atoms with Crippen LogP contribution >= 0.6 is 12.4 Å². The minimum absolute atomic E-state index is 0. The lowest BCUT2D eigenvalue weighted by molar-refractivity contribution is -0.141. The Morgan fingerprint density at radius 2 is 2.08 bits per heavy atom. The first-order valence-electron chi connectivity index (χ1n) is 3.53. The van der Waals surface area contributed by atoms with Crippen molar-refractivity contribution in [3.05, 3.63) is 0 Å². The highest BCUT2D eigenvalue weighted by atomic mass is 35.5. The smallest absolute Gasteiger partial charge is 0.307 e. The number of rotatable bonds is 4. The number of hydrogen-bond donors (Lipinski definition) is 1. The molecule has 0 heterocycles. The number of likely N-dealkylation sites (N-methyl/N-ethyl adjacent to an activating group) is 1. The van der Waals surface area contributed by atoms with Gasteiger partial charge in [-0.1, -0.05) is 0 Å². The molecule has 0 aliphatic heterocycles. The van der Waals surface area contributed by atoms with Gasteiger partial charge in [0.05, 0.1) is 13.5 Å². The van der Waals surface area contributed by atoms with Gasteiger partial charge in [0, 0.05) is 12.6 Å². The Balaban J connectivity index is 0. The molecule has 0 spiro atoms. The van der Waals surface area contributed by atoms with Gasteiger partial charge in [-0.25, -0.2) is 0 Å². The van der Waals surface area contributed by atoms with E-state index >= 15 is 0 Å². The van der Waals surface area contributed by atoms with Crippen LogP contribution in [0.4, 0.5) is 0 Å². The van der Waals surface area contributed by atoms with Crippen LogP contribution in [0.15, 0.2) is 0 Å². The summed E-state index contributed by atoms with van der Waals surface area (Å²) in [6, 6.07) is -0.127. The lowest BCUT2D eigenvalue weighted by Crippen LogP contribution is -2.35. The molecule has 0 aromatic heterocycles. The normalized spacial score (nSPS) is 12.1. The summed E-state index contributed by atoms with van der Waals surface area (Å²) in [6.45, 7) is 0.703. The molecule has 2 N–H and O–H groups in total. The van der Waals surface area contributed by atoms with Gasteiger partial charge in [0.15, 0.2) is 0 Å². The molecular weight excluding hydrogens is 180 g/mol. The molecule has 0 aromatic rings. The van der Waals surface area contributed by atoms with Gasteiger partial charge in [0.25, 0.3) is 0 Å². The molecule has 0 saturated heterocycles. The zero-order valence-corrected chi connectivity index (χ0v) is 8.56. The maximum absolute atomic E-state index is 10.7. The van der Waals surface area contributed by atoms with Gasteiger partial charge in [-0.15, -0.1) is 12.4 Å². The van der Waals surface area contributed by atoms with Crippen LogP contribution in [0.25, 0.3) is 0 Å². The largest absolute Gasteiger partial charge is 0.469 e. The van der Waals surface area contributed by atoms with Gasteiger partial charge >= 0.3 is 5.97 Å². The standard InChI is InChI=1S/C7H16N2O2.ClH/c1-9(2)5-6(8)4-7(10)11-3;/h6H,4-5,8H2,1-3H3;1H/t6-;/m0./s1. The molecule has 0 saturated carbocycles. The van der Waals surface area contributed by atoms with Crippen molar-refractivity contribution in [1.29, 1.82) is 0 Å². The molecule has 0 aliphatic rings. The molecule has 0 unspecified atom stereocenters. The quantitative estimate of drug-likeness (QED) is 0.636. The number of carbonyl (C=O) groups is 1. The van der Waals surface area contributed by atoms with Gasteiger partial charge in [-0.05, 0) is 14.1 Å². The molecule has 0 aromatic carbocycles. The maximum Gasteiger partial charge on any atom is 0.307 e. The van der Waals surface area contributed by atoms with E-state index in [0.29, 0.717) is 6.54 Å². The second-order valence-electron chi connectivity index (χ2n) is 2.80. The van der Waals surface area contributed by atoms with Crippen LogP contribution in [-0.2, 0) is 9.53 Å². The zero-order chi connectivity index (χ0) is 8.85. The summed E-state index contributed by atoms with van der Waals surface area (Å²) in [7, 11) is 5.19. The molecule has 74 valence electrons. The number of halogens is 1. The Labute approximate surface area is 79.5 Å². The number of carbonyl (C=O) groups excluding carboxylic acids is 1. The highest BCUT2D eigenvalue weighted by Gasteiger charge is 2.09. The Bertz CT molecular complexity index is 131. The lowest BCUT2D eigenvalue weighted by atomic mass is 10.2. The van der Waals surface area contributed by atoms with Crippen molar-refractivity contribution in [3.8, 4) is 0 Å². The van der Waals surface area contributed by atoms with Gasteiger partial charge < -0.3 is 15.4 Å². The fraction of sp³-hybridized carbons (Fsp3) is 0.857. The number of esters is 1. The summed E-state index contributed by atoms with van der Waals surface area (Å²) >= 11 is 0. The van der Waals surface area contributed by atoms with Crippen molar-refractivity contribution >= 4 is 18.4 Å². The fourth-order valence-corrected chi connectivity index (χ4v) is 0.831. The maximum atomic E-state index is 10.7. The Kier molecular flexibility index (Phi) is 8.69. The molecule has 5 heteroatoms. The SMILES string of the molecule is COC(=O)C[C@H](N)CN(C)C.Cl. The number of nitrogens with two attached hydrogens (primary N) is 1. The van der Waals surface area contributed by atoms with E-state index in [1.165, 1.54) is 7.11 Å². The molecule has 0 amide bonds. The van der Waals surface area contributed by atoms with Crippen molar-refractivity contribution in [2.45, 2.75) is 12.5 Å². The van der Waals surface area contributed by atoms with Gasteiger partial charge in [-0.2, -0.15) is 0 Å². The van der Waals surface area contributed by atoms with Gasteiger partial charge in [-0.3, -0.25) is 4.79 Å². The summed E-state index contributed by atoms with van der Waals surface area (Å²) in [5.74, 6) is -0.251. The summed E-state index contributed by atoms with van der Waals surface area (Å²) < 4.78 is 4.46. The van der Waals surface area contributed by atoms with Gasteiger partial charge in [0.1, 0.15) is 0 Å². The molecule has 0 fully saturated rings. The second kappa shape index (κ2) is 7.34. The first kappa shape index (κ1) is 14.2. The van der Waals surface area contributed by atoms with Crippen LogP contribution in [0.1, 0.15) is 6.42 Å². The van der Waals surface area contributed by atoms with Crippen molar-refractivity contribution in [1.82, 2.24) is 4.90 Å². The molecule has 0 rings (SSSR count). The number of ether oxygens (including phenoxy) is 1. The topological polar surface area (TPSA) is 55.6 Å². The lowest BCUT2D eigenvalue weighted by Gasteiger charge is -2.15. The fourth-order valence-electron chi connectivity index (χ4n) is 0.831. The van der Waals surface area contributed by atoms with E-state index < -0.39 is 0 Å². The van der Waals surface area contributed by atoms with Crippen molar-refractivity contribution in [3.63, 3.8) is 0 Å². The third-order valence-electron chi connectivity index (χ3n) is 1.26. The highest BCUT2D eigenvalue weighted by molar-refractivity contribution is 5.85. The average Bonchev–Trinajstić information content (AvgIpc) is 1.85. The number of hydrogen-bond acceptors (Lipinski definition) is 4. The minimum Gasteiger partial charge on any atom is -0.469 e. The van der Waals surface area contributed by atoms with Crippen LogP contribution in [0, 0.1) is 0 Å². The van der Waals surface area contributed by atoms with E-state index in [2.05, 4.69) is 4.74 Å². The van der Waals surface area contributed by atoms with Crippen LogP contribution in [0.5, 0.6) is 0 Å². The number of methoxy groups -OCH3 is 1. The molecule has 12 heavy (non-hydrogen) atoms. The molecular formula is C7H17ClN2O2. The van der Waals surface area contributed by atoms with E-state index in [4.69, 9.17) is 5.73 Å². The van der Waals surface area contributed by atoms with Crippen molar-refractivity contribution in [2.75, 3.05) is 27.7 Å². The number of nitrogens with zero attached hydrogens (tertiary/aromatic N) is 1. The Hall–Kier alpha value is -0.320. The minimum atomic E-state index is -0.251. The van der Waals surface area contributed by atoms with E-state index in [-0.39, 0.29) is 30.8 Å². The predicted octanol–water partition coefficient (Wildman–Crippen LogP) is -0.140. The Morgan fingerprint density at radius 1 is 1.58 bits per heavy atom. The van der Waals surface area contributed by atoms with E-state index in [0.717, 1.165) is 0 Å². The zero-order valence-electron chi connectivity index (χ0n) is 7.74. The van der Waals surface area contributed by atoms with E-state index in [1.54, 1.807) is 0 Å². The van der Waals surface area contributed by atoms with Crippen LogP contribution in [0.2, 0.25) is 0 Å². The van der Waals surface area contributed by atoms with E-state index in [1.807, 2.05) is 19.0 Å². The molecule has 1 atom stereocenters. The first-order valence-corrected chi connectivity index (χ1v) is 3.53.